The molecule has 1 aliphatic heterocycles. The molecule has 0 bridgehead atoms. The van der Waals surface area contributed by atoms with Crippen molar-refractivity contribution in [3.05, 3.63) is 0 Å². The molecule has 2 unspecified atom stereocenters. The van der Waals surface area contributed by atoms with E-state index in [1.54, 1.807) is 0 Å². The predicted octanol–water partition coefficient (Wildman–Crippen LogP) is 1.60. The van der Waals surface area contributed by atoms with Crippen LogP contribution in [0.5, 0.6) is 0 Å². The lowest BCUT2D eigenvalue weighted by atomic mass is 9.84. The van der Waals surface area contributed by atoms with Crippen molar-refractivity contribution in [2.24, 2.45) is 11.1 Å². The van der Waals surface area contributed by atoms with Gasteiger partial charge in [0, 0.05) is 25.2 Å². The van der Waals surface area contributed by atoms with Crippen LogP contribution in [0.1, 0.15) is 46.5 Å². The SMILES string of the molecule is CC(N)C(C)(C)CN1CCCCC1CCO. The summed E-state index contributed by atoms with van der Waals surface area (Å²) in [5.74, 6) is 0. The van der Waals surface area contributed by atoms with Crippen molar-refractivity contribution in [2.45, 2.75) is 58.5 Å². The van der Waals surface area contributed by atoms with E-state index >= 15 is 0 Å². The minimum absolute atomic E-state index is 0.158. The van der Waals surface area contributed by atoms with Crippen molar-refractivity contribution >= 4 is 0 Å². The summed E-state index contributed by atoms with van der Waals surface area (Å²) < 4.78 is 0. The van der Waals surface area contributed by atoms with Gasteiger partial charge >= 0.3 is 0 Å². The second-order valence-corrected chi connectivity index (χ2v) is 5.91. The number of hydrogen-bond acceptors (Lipinski definition) is 3. The lowest BCUT2D eigenvalue weighted by molar-refractivity contribution is 0.0708. The van der Waals surface area contributed by atoms with Gasteiger partial charge in [-0.25, -0.2) is 0 Å². The smallest absolute Gasteiger partial charge is 0.0445 e. The third-order valence-electron chi connectivity index (χ3n) is 4.05. The van der Waals surface area contributed by atoms with E-state index in [1.807, 2.05) is 0 Å². The molecule has 0 aromatic heterocycles. The Morgan fingerprint density at radius 2 is 2.12 bits per heavy atom. The Labute approximate surface area is 100 Å². The van der Waals surface area contributed by atoms with E-state index in [2.05, 4.69) is 25.7 Å². The molecule has 3 N–H and O–H groups in total. The lowest BCUT2D eigenvalue weighted by Gasteiger charge is -2.42. The Morgan fingerprint density at radius 3 is 2.69 bits per heavy atom. The molecule has 1 aliphatic rings. The number of nitrogens with two attached hydrogens (primary N) is 1. The molecule has 3 nitrogen and oxygen atoms in total. The lowest BCUT2D eigenvalue weighted by Crippen LogP contribution is -2.49. The fourth-order valence-electron chi connectivity index (χ4n) is 2.41. The maximum absolute atomic E-state index is 9.09. The van der Waals surface area contributed by atoms with Gasteiger partial charge in [0.15, 0.2) is 0 Å². The van der Waals surface area contributed by atoms with Gasteiger partial charge in [0.05, 0.1) is 0 Å². The Hall–Kier alpha value is -0.120. The highest BCUT2D eigenvalue weighted by Crippen LogP contribution is 2.26. The minimum atomic E-state index is 0.158. The molecule has 96 valence electrons. The Bertz CT molecular complexity index is 202. The van der Waals surface area contributed by atoms with Gasteiger partial charge in [-0.3, -0.25) is 4.90 Å². The number of aliphatic hydroxyl groups is 1. The number of hydrogen-bond donors (Lipinski definition) is 2. The number of aliphatic hydroxyl groups excluding tert-OH is 1. The molecule has 1 fully saturated rings. The molecule has 1 rings (SSSR count). The fourth-order valence-corrected chi connectivity index (χ4v) is 2.41. The summed E-state index contributed by atoms with van der Waals surface area (Å²) in [7, 11) is 0. The van der Waals surface area contributed by atoms with Gasteiger partial charge in [0.25, 0.3) is 0 Å². The number of likely N-dealkylation sites (tertiary alicyclic amines) is 1. The van der Waals surface area contributed by atoms with Gasteiger partial charge in [-0.2, -0.15) is 0 Å². The molecule has 1 saturated heterocycles. The van der Waals surface area contributed by atoms with Crippen LogP contribution in [0.2, 0.25) is 0 Å². The molecule has 16 heavy (non-hydrogen) atoms. The van der Waals surface area contributed by atoms with Crippen LogP contribution in [-0.2, 0) is 0 Å². The van der Waals surface area contributed by atoms with Crippen LogP contribution in [-0.4, -0.2) is 41.8 Å². The van der Waals surface area contributed by atoms with Gasteiger partial charge < -0.3 is 10.8 Å². The van der Waals surface area contributed by atoms with Crippen LogP contribution in [0.15, 0.2) is 0 Å². The number of nitrogens with zero attached hydrogens (tertiary/aromatic N) is 1. The maximum atomic E-state index is 9.09. The molecule has 0 saturated carbocycles. The van der Waals surface area contributed by atoms with Crippen molar-refractivity contribution in [1.82, 2.24) is 4.90 Å². The van der Waals surface area contributed by atoms with Crippen molar-refractivity contribution < 1.29 is 5.11 Å². The van der Waals surface area contributed by atoms with Crippen LogP contribution in [0, 0.1) is 5.41 Å². The van der Waals surface area contributed by atoms with E-state index in [1.165, 1.54) is 25.8 Å². The molecule has 0 aromatic rings. The molecule has 0 amide bonds. The van der Waals surface area contributed by atoms with E-state index in [9.17, 15) is 0 Å². The molecule has 0 aromatic carbocycles. The van der Waals surface area contributed by atoms with Crippen LogP contribution < -0.4 is 5.73 Å². The second-order valence-electron chi connectivity index (χ2n) is 5.91. The first-order chi connectivity index (χ1) is 7.47. The topological polar surface area (TPSA) is 49.5 Å². The molecular formula is C13H28N2O. The monoisotopic (exact) mass is 228 g/mol. The predicted molar refractivity (Wildman–Crippen MR) is 68.3 cm³/mol. The van der Waals surface area contributed by atoms with Crippen LogP contribution in [0.4, 0.5) is 0 Å². The van der Waals surface area contributed by atoms with E-state index < -0.39 is 0 Å². The van der Waals surface area contributed by atoms with E-state index in [4.69, 9.17) is 10.8 Å². The van der Waals surface area contributed by atoms with E-state index in [0.29, 0.717) is 12.6 Å². The summed E-state index contributed by atoms with van der Waals surface area (Å²) in [5, 5.41) is 9.09. The zero-order valence-electron chi connectivity index (χ0n) is 11.1. The molecular weight excluding hydrogens is 200 g/mol. The zero-order valence-corrected chi connectivity index (χ0v) is 11.1. The van der Waals surface area contributed by atoms with Crippen LogP contribution in [0.25, 0.3) is 0 Å². The molecule has 0 spiro atoms. The van der Waals surface area contributed by atoms with Crippen molar-refractivity contribution in [2.75, 3.05) is 19.7 Å². The van der Waals surface area contributed by atoms with Crippen LogP contribution in [0.3, 0.4) is 0 Å². The van der Waals surface area contributed by atoms with Crippen molar-refractivity contribution in [3.8, 4) is 0 Å². The third-order valence-corrected chi connectivity index (χ3v) is 4.05. The van der Waals surface area contributed by atoms with Crippen LogP contribution >= 0.6 is 0 Å². The summed E-state index contributed by atoms with van der Waals surface area (Å²) in [6.07, 6.45) is 4.74. The van der Waals surface area contributed by atoms with E-state index in [-0.39, 0.29) is 11.5 Å². The van der Waals surface area contributed by atoms with Gasteiger partial charge in [-0.1, -0.05) is 20.3 Å². The summed E-state index contributed by atoms with van der Waals surface area (Å²) >= 11 is 0. The zero-order chi connectivity index (χ0) is 12.2. The summed E-state index contributed by atoms with van der Waals surface area (Å²) in [6, 6.07) is 0.779. The molecule has 0 radical (unpaired) electrons. The highest BCUT2D eigenvalue weighted by atomic mass is 16.3. The van der Waals surface area contributed by atoms with E-state index in [0.717, 1.165) is 13.0 Å². The number of rotatable bonds is 5. The Morgan fingerprint density at radius 1 is 1.44 bits per heavy atom. The van der Waals surface area contributed by atoms with Gasteiger partial charge in [0.1, 0.15) is 0 Å². The van der Waals surface area contributed by atoms with Gasteiger partial charge in [-0.05, 0) is 38.1 Å². The molecule has 1 heterocycles. The highest BCUT2D eigenvalue weighted by molar-refractivity contribution is 4.86. The molecule has 2 atom stereocenters. The molecule has 3 heteroatoms. The maximum Gasteiger partial charge on any atom is 0.0445 e. The Balaban J connectivity index is 2.55. The summed E-state index contributed by atoms with van der Waals surface area (Å²) in [6.45, 7) is 9.09. The summed E-state index contributed by atoms with van der Waals surface area (Å²) in [4.78, 5) is 2.53. The number of piperidine rings is 1. The Kier molecular flexibility index (Phi) is 5.22. The van der Waals surface area contributed by atoms with Gasteiger partial charge in [0.2, 0.25) is 0 Å². The van der Waals surface area contributed by atoms with Crippen molar-refractivity contribution in [3.63, 3.8) is 0 Å². The van der Waals surface area contributed by atoms with Crippen molar-refractivity contribution in [1.29, 1.82) is 0 Å². The average Bonchev–Trinajstić information content (AvgIpc) is 2.20. The standard InChI is InChI=1S/C13H28N2O/c1-11(14)13(2,3)10-15-8-5-4-6-12(15)7-9-16/h11-12,16H,4-10,14H2,1-3H3. The first-order valence-electron chi connectivity index (χ1n) is 6.58. The van der Waals surface area contributed by atoms with Gasteiger partial charge in [-0.15, -0.1) is 0 Å². The average molecular weight is 228 g/mol. The fraction of sp³-hybridized carbons (Fsp3) is 1.00. The normalized spacial score (nSPS) is 25.7. The highest BCUT2D eigenvalue weighted by Gasteiger charge is 2.30. The largest absolute Gasteiger partial charge is 0.396 e. The summed E-state index contributed by atoms with van der Waals surface area (Å²) in [5.41, 5.74) is 6.19. The first kappa shape index (κ1) is 13.9. The molecule has 0 aliphatic carbocycles. The third kappa shape index (κ3) is 3.72. The quantitative estimate of drug-likeness (QED) is 0.751. The first-order valence-corrected chi connectivity index (χ1v) is 6.58. The minimum Gasteiger partial charge on any atom is -0.396 e. The second kappa shape index (κ2) is 5.99.